The molecule has 0 radical (unpaired) electrons. The first-order valence-electron chi connectivity index (χ1n) is 6.32. The van der Waals surface area contributed by atoms with Crippen LogP contribution in [0, 0.1) is 0 Å². The molecule has 2 aliphatic rings. The van der Waals surface area contributed by atoms with E-state index >= 15 is 0 Å². The molecule has 1 fully saturated rings. The average Bonchev–Trinajstić information content (AvgIpc) is 2.46. The lowest BCUT2D eigenvalue weighted by Crippen LogP contribution is -2.68. The zero-order chi connectivity index (χ0) is 14.1. The topological polar surface area (TPSA) is 69.6 Å². The molecule has 0 aliphatic carbocycles. The first-order chi connectivity index (χ1) is 9.65. The number of aliphatic hydroxyl groups is 1. The molecule has 20 heavy (non-hydrogen) atoms. The zero-order valence-corrected chi connectivity index (χ0v) is 11.5. The number of fused-ring (bicyclic) bond motifs is 1. The molecule has 5 nitrogen and oxygen atoms in total. The molecule has 0 aromatic heterocycles. The number of rotatable bonds is 3. The molecule has 2 unspecified atom stereocenters. The lowest BCUT2D eigenvalue weighted by molar-refractivity contribution is -0.144. The van der Waals surface area contributed by atoms with Crippen LogP contribution in [0.4, 0.5) is 0 Å². The Hall–Kier alpha value is -1.95. The number of thioether (sulfide) groups is 1. The van der Waals surface area contributed by atoms with Gasteiger partial charge in [-0.3, -0.25) is 14.5 Å². The fourth-order valence-corrected chi connectivity index (χ4v) is 3.43. The van der Waals surface area contributed by atoms with E-state index in [0.29, 0.717) is 5.75 Å². The van der Waals surface area contributed by atoms with E-state index in [-0.39, 0.29) is 29.4 Å². The van der Waals surface area contributed by atoms with Crippen molar-refractivity contribution in [3.63, 3.8) is 0 Å². The quantitative estimate of drug-likeness (QED) is 0.816. The summed E-state index contributed by atoms with van der Waals surface area (Å²) in [4.78, 5) is 25.3. The van der Waals surface area contributed by atoms with E-state index in [1.807, 2.05) is 30.3 Å². The minimum absolute atomic E-state index is 0.0990. The van der Waals surface area contributed by atoms with E-state index < -0.39 is 6.04 Å². The van der Waals surface area contributed by atoms with Gasteiger partial charge in [-0.05, 0) is 5.56 Å². The van der Waals surface area contributed by atoms with Crippen molar-refractivity contribution in [2.24, 2.45) is 0 Å². The van der Waals surface area contributed by atoms with Crippen LogP contribution in [0.2, 0.25) is 0 Å². The summed E-state index contributed by atoms with van der Waals surface area (Å²) in [6.07, 6.45) is 1.71. The molecule has 3 rings (SSSR count). The summed E-state index contributed by atoms with van der Waals surface area (Å²) in [6.45, 7) is 0. The fourth-order valence-electron chi connectivity index (χ4n) is 2.31. The van der Waals surface area contributed by atoms with Gasteiger partial charge >= 0.3 is 0 Å². The molecule has 2 aliphatic heterocycles. The third-order valence-electron chi connectivity index (χ3n) is 3.29. The second-order valence-electron chi connectivity index (χ2n) is 4.78. The molecule has 104 valence electrons. The minimum Gasteiger partial charge on any atom is -0.510 e. The van der Waals surface area contributed by atoms with Gasteiger partial charge in [0.1, 0.15) is 17.2 Å². The summed E-state index contributed by atoms with van der Waals surface area (Å²) in [6, 6.07) is 8.93. The van der Waals surface area contributed by atoms with Gasteiger partial charge in [0.25, 0.3) is 5.91 Å². The first-order valence-corrected chi connectivity index (χ1v) is 7.37. The van der Waals surface area contributed by atoms with Gasteiger partial charge in [0.2, 0.25) is 5.91 Å². The molecule has 0 saturated carbocycles. The Morgan fingerprint density at radius 2 is 2.15 bits per heavy atom. The Morgan fingerprint density at radius 3 is 2.90 bits per heavy atom. The van der Waals surface area contributed by atoms with Crippen molar-refractivity contribution in [2.75, 3.05) is 5.75 Å². The number of amides is 2. The highest BCUT2D eigenvalue weighted by Crippen LogP contribution is 2.35. The Morgan fingerprint density at radius 1 is 1.40 bits per heavy atom. The summed E-state index contributed by atoms with van der Waals surface area (Å²) >= 11 is 1.45. The Labute approximate surface area is 120 Å². The Bertz CT molecular complexity index is 573. The van der Waals surface area contributed by atoms with E-state index in [9.17, 15) is 14.7 Å². The van der Waals surface area contributed by atoms with Crippen molar-refractivity contribution >= 4 is 23.6 Å². The monoisotopic (exact) mass is 290 g/mol. The van der Waals surface area contributed by atoms with Gasteiger partial charge in [-0.15, -0.1) is 11.8 Å². The molecule has 2 N–H and O–H groups in total. The molecule has 2 amide bonds. The maximum atomic E-state index is 11.9. The number of aliphatic hydroxyl groups excluding tert-OH is 1. The normalized spacial score (nSPS) is 24.5. The Kier molecular flexibility index (Phi) is 3.40. The molecule has 2 atom stereocenters. The maximum Gasteiger partial charge on any atom is 0.253 e. The van der Waals surface area contributed by atoms with Crippen molar-refractivity contribution in [1.29, 1.82) is 0 Å². The number of hydrogen-bond acceptors (Lipinski definition) is 4. The lowest BCUT2D eigenvalue weighted by Gasteiger charge is -2.46. The SMILES string of the molecule is O=C(Cc1ccccc1)NC1C(=O)N2C=C(O)CSC12. The van der Waals surface area contributed by atoms with E-state index in [2.05, 4.69) is 5.32 Å². The van der Waals surface area contributed by atoms with Gasteiger partial charge in [-0.1, -0.05) is 30.3 Å². The minimum atomic E-state index is -0.486. The third kappa shape index (κ3) is 2.38. The van der Waals surface area contributed by atoms with Crippen LogP contribution in [0.5, 0.6) is 0 Å². The molecular weight excluding hydrogens is 276 g/mol. The highest BCUT2D eigenvalue weighted by molar-refractivity contribution is 8.00. The smallest absolute Gasteiger partial charge is 0.253 e. The fraction of sp³-hybridized carbons (Fsp3) is 0.286. The van der Waals surface area contributed by atoms with Gasteiger partial charge in [-0.25, -0.2) is 0 Å². The van der Waals surface area contributed by atoms with Gasteiger partial charge in [0.15, 0.2) is 0 Å². The number of nitrogens with zero attached hydrogens (tertiary/aromatic N) is 1. The van der Waals surface area contributed by atoms with Gasteiger partial charge in [-0.2, -0.15) is 0 Å². The molecule has 1 aromatic carbocycles. The number of carbonyl (C=O) groups excluding carboxylic acids is 2. The van der Waals surface area contributed by atoms with Crippen LogP contribution in [0.15, 0.2) is 42.3 Å². The van der Waals surface area contributed by atoms with Crippen molar-refractivity contribution in [3.05, 3.63) is 47.9 Å². The van der Waals surface area contributed by atoms with E-state index in [1.165, 1.54) is 22.9 Å². The van der Waals surface area contributed by atoms with Crippen molar-refractivity contribution < 1.29 is 14.7 Å². The van der Waals surface area contributed by atoms with Crippen molar-refractivity contribution in [1.82, 2.24) is 10.2 Å². The third-order valence-corrected chi connectivity index (χ3v) is 4.60. The Balaban J connectivity index is 1.59. The van der Waals surface area contributed by atoms with Gasteiger partial charge in [0.05, 0.1) is 12.2 Å². The first kappa shape index (κ1) is 13.1. The largest absolute Gasteiger partial charge is 0.510 e. The van der Waals surface area contributed by atoms with E-state index in [1.54, 1.807) is 0 Å². The average molecular weight is 290 g/mol. The van der Waals surface area contributed by atoms with Gasteiger partial charge in [0, 0.05) is 6.20 Å². The molecule has 0 spiro atoms. The number of β-lactam (4-membered cyclic amide) rings is 1. The zero-order valence-electron chi connectivity index (χ0n) is 10.7. The standard InChI is InChI=1S/C14H14N2O3S/c17-10-7-16-13(19)12(14(16)20-8-10)15-11(18)6-9-4-2-1-3-5-9/h1-5,7,12,14,17H,6,8H2,(H,15,18). The second kappa shape index (κ2) is 5.20. The molecule has 6 heteroatoms. The number of nitrogens with one attached hydrogen (secondary N) is 1. The number of carbonyl (C=O) groups is 2. The molecule has 1 aromatic rings. The van der Waals surface area contributed by atoms with Crippen LogP contribution in [-0.4, -0.2) is 39.0 Å². The summed E-state index contributed by atoms with van der Waals surface area (Å²) in [7, 11) is 0. The van der Waals surface area contributed by atoms with Crippen LogP contribution >= 0.6 is 11.8 Å². The summed E-state index contributed by atoms with van der Waals surface area (Å²) in [5.74, 6) is 0.330. The molecule has 2 heterocycles. The van der Waals surface area contributed by atoms with Crippen LogP contribution in [0.1, 0.15) is 5.56 Å². The van der Waals surface area contributed by atoms with E-state index in [4.69, 9.17) is 0 Å². The summed E-state index contributed by atoms with van der Waals surface area (Å²) in [5, 5.41) is 12.0. The van der Waals surface area contributed by atoms with Crippen LogP contribution in [0.3, 0.4) is 0 Å². The van der Waals surface area contributed by atoms with Gasteiger partial charge < -0.3 is 10.4 Å². The maximum absolute atomic E-state index is 11.9. The van der Waals surface area contributed by atoms with Crippen LogP contribution in [0.25, 0.3) is 0 Å². The summed E-state index contributed by atoms with van der Waals surface area (Å²) in [5.41, 5.74) is 0.919. The van der Waals surface area contributed by atoms with Crippen LogP contribution < -0.4 is 5.32 Å². The number of benzene rings is 1. The van der Waals surface area contributed by atoms with Crippen molar-refractivity contribution in [3.8, 4) is 0 Å². The predicted molar refractivity (Wildman–Crippen MR) is 75.9 cm³/mol. The highest BCUT2D eigenvalue weighted by atomic mass is 32.2. The van der Waals surface area contributed by atoms with Crippen molar-refractivity contribution in [2.45, 2.75) is 17.8 Å². The molecule has 1 saturated heterocycles. The molecule has 0 bridgehead atoms. The summed E-state index contributed by atoms with van der Waals surface area (Å²) < 4.78 is 0. The lowest BCUT2D eigenvalue weighted by atomic mass is 10.1. The molecular formula is C14H14N2O3S. The highest BCUT2D eigenvalue weighted by Gasteiger charge is 2.49. The van der Waals surface area contributed by atoms with E-state index in [0.717, 1.165) is 5.56 Å². The second-order valence-corrected chi connectivity index (χ2v) is 5.88. The predicted octanol–water partition coefficient (Wildman–Crippen LogP) is 1.03. The number of hydrogen-bond donors (Lipinski definition) is 2. The van der Waals surface area contributed by atoms with Crippen LogP contribution in [-0.2, 0) is 16.0 Å².